The van der Waals surface area contributed by atoms with Crippen LogP contribution in [0.3, 0.4) is 0 Å². The Morgan fingerprint density at radius 3 is 2.03 bits per heavy atom. The number of benzene rings is 3. The molecule has 0 aliphatic heterocycles. The first-order valence-corrected chi connectivity index (χ1v) is 8.72. The summed E-state index contributed by atoms with van der Waals surface area (Å²) in [6.45, 7) is 0.283. The summed E-state index contributed by atoms with van der Waals surface area (Å²) in [4.78, 5) is 11.1. The molecule has 0 bridgehead atoms. The van der Waals surface area contributed by atoms with E-state index in [4.69, 9.17) is 20.4 Å². The minimum Gasteiger partial charge on any atom is -0.485 e. The van der Waals surface area contributed by atoms with E-state index in [1.54, 1.807) is 0 Å². The second kappa shape index (κ2) is 9.23. The average Bonchev–Trinajstić information content (AvgIpc) is 2.76. The molecule has 0 aromatic heterocycles. The number of nitrogens with two attached hydrogens (primary N) is 1. The van der Waals surface area contributed by atoms with Crippen molar-refractivity contribution in [3.05, 3.63) is 99.6 Å². The molecule has 3 rings (SSSR count). The van der Waals surface area contributed by atoms with E-state index in [0.29, 0.717) is 0 Å². The molecule has 3 aromatic rings. The van der Waals surface area contributed by atoms with Crippen LogP contribution in [0, 0.1) is 10.1 Å². The fourth-order valence-electron chi connectivity index (χ4n) is 2.65. The van der Waals surface area contributed by atoms with Crippen molar-refractivity contribution < 1.29 is 19.6 Å². The monoisotopic (exact) mass is 393 g/mol. The Morgan fingerprint density at radius 2 is 1.52 bits per heavy atom. The lowest BCUT2D eigenvalue weighted by molar-refractivity contribution is -0.386. The van der Waals surface area contributed by atoms with Gasteiger partial charge in [0.05, 0.1) is 4.92 Å². The van der Waals surface area contributed by atoms with E-state index in [1.165, 1.54) is 12.1 Å². The number of rotatable bonds is 8. The first-order chi connectivity index (χ1) is 14.1. The molecular weight excluding hydrogens is 374 g/mol. The molecule has 0 radical (unpaired) electrons. The highest BCUT2D eigenvalue weighted by atomic mass is 16.6. The molecule has 8 nitrogen and oxygen atoms in total. The van der Waals surface area contributed by atoms with Gasteiger partial charge < -0.3 is 20.4 Å². The molecule has 0 heterocycles. The van der Waals surface area contributed by atoms with Gasteiger partial charge in [-0.05, 0) is 17.2 Å². The number of nitro benzene ring substituents is 1. The fourth-order valence-corrected chi connectivity index (χ4v) is 2.65. The van der Waals surface area contributed by atoms with E-state index in [9.17, 15) is 10.1 Å². The van der Waals surface area contributed by atoms with E-state index in [1.807, 2.05) is 60.7 Å². The summed E-state index contributed by atoms with van der Waals surface area (Å²) in [5.74, 6) is -0.169. The number of hydrogen-bond acceptors (Lipinski definition) is 6. The summed E-state index contributed by atoms with van der Waals surface area (Å²) in [6.07, 6.45) is 0. The summed E-state index contributed by atoms with van der Waals surface area (Å²) in [5.41, 5.74) is 7.16. The van der Waals surface area contributed by atoms with Crippen LogP contribution in [-0.2, 0) is 13.2 Å². The maximum Gasteiger partial charge on any atom is 0.315 e. The normalized spacial score (nSPS) is 11.1. The van der Waals surface area contributed by atoms with Crippen molar-refractivity contribution in [2.24, 2.45) is 10.9 Å². The van der Waals surface area contributed by atoms with Gasteiger partial charge in [0.2, 0.25) is 5.75 Å². The highest BCUT2D eigenvalue weighted by molar-refractivity contribution is 5.98. The van der Waals surface area contributed by atoms with Crippen molar-refractivity contribution in [2.75, 3.05) is 0 Å². The standard InChI is InChI=1S/C21H19N3O5/c22-21(23-25)17-11-18(24(26)27)20(29-14-16-9-5-2-6-10-16)19(12-17)28-13-15-7-3-1-4-8-15/h1-12,25H,13-14H2,(H2,22,23). The summed E-state index contributed by atoms with van der Waals surface area (Å²) in [5, 5.41) is 23.5. The minimum atomic E-state index is -0.593. The Bertz CT molecular complexity index is 1010. The molecule has 0 spiro atoms. The molecule has 0 atom stereocenters. The molecule has 29 heavy (non-hydrogen) atoms. The lowest BCUT2D eigenvalue weighted by Crippen LogP contribution is -2.14. The first kappa shape index (κ1) is 19.7. The van der Waals surface area contributed by atoms with Gasteiger partial charge >= 0.3 is 5.69 Å². The Hall–Kier alpha value is -4.07. The fraction of sp³-hybridized carbons (Fsp3) is 0.0952. The van der Waals surface area contributed by atoms with Gasteiger partial charge in [-0.1, -0.05) is 65.8 Å². The molecule has 8 heteroatoms. The van der Waals surface area contributed by atoms with Gasteiger partial charge in [0.25, 0.3) is 0 Å². The third kappa shape index (κ3) is 5.01. The summed E-state index contributed by atoms with van der Waals surface area (Å²) in [6, 6.07) is 21.2. The Morgan fingerprint density at radius 1 is 0.966 bits per heavy atom. The van der Waals surface area contributed by atoms with Crippen LogP contribution >= 0.6 is 0 Å². The second-order valence-electron chi connectivity index (χ2n) is 6.11. The van der Waals surface area contributed by atoms with Gasteiger partial charge in [0.1, 0.15) is 13.2 Å². The zero-order valence-electron chi connectivity index (χ0n) is 15.4. The molecule has 148 valence electrons. The molecule has 0 saturated carbocycles. The average molecular weight is 393 g/mol. The largest absolute Gasteiger partial charge is 0.485 e. The molecule has 3 aromatic carbocycles. The molecule has 0 amide bonds. The van der Waals surface area contributed by atoms with Gasteiger partial charge in [-0.2, -0.15) is 0 Å². The number of nitrogens with zero attached hydrogens (tertiary/aromatic N) is 2. The third-order valence-electron chi connectivity index (χ3n) is 4.10. The molecule has 0 aliphatic carbocycles. The van der Waals surface area contributed by atoms with E-state index in [-0.39, 0.29) is 41.8 Å². The number of ether oxygens (including phenoxy) is 2. The summed E-state index contributed by atoms with van der Waals surface area (Å²) >= 11 is 0. The third-order valence-corrected chi connectivity index (χ3v) is 4.10. The highest BCUT2D eigenvalue weighted by Gasteiger charge is 2.24. The maximum absolute atomic E-state index is 11.6. The zero-order valence-corrected chi connectivity index (χ0v) is 15.4. The quantitative estimate of drug-likeness (QED) is 0.197. The summed E-state index contributed by atoms with van der Waals surface area (Å²) in [7, 11) is 0. The van der Waals surface area contributed by atoms with Crippen LogP contribution in [0.2, 0.25) is 0 Å². The predicted molar refractivity (Wildman–Crippen MR) is 107 cm³/mol. The number of nitro groups is 1. The van der Waals surface area contributed by atoms with Crippen molar-refractivity contribution in [3.63, 3.8) is 0 Å². The van der Waals surface area contributed by atoms with Crippen LogP contribution in [0.1, 0.15) is 16.7 Å². The number of oxime groups is 1. The minimum absolute atomic E-state index is 0.0238. The van der Waals surface area contributed by atoms with Crippen molar-refractivity contribution in [3.8, 4) is 11.5 Å². The topological polar surface area (TPSA) is 120 Å². The van der Waals surface area contributed by atoms with Gasteiger partial charge in [-0.25, -0.2) is 0 Å². The smallest absolute Gasteiger partial charge is 0.315 e. The van der Waals surface area contributed by atoms with Gasteiger partial charge in [0.15, 0.2) is 11.6 Å². The number of hydrogen-bond donors (Lipinski definition) is 2. The highest BCUT2D eigenvalue weighted by Crippen LogP contribution is 2.39. The van der Waals surface area contributed by atoms with E-state index in [2.05, 4.69) is 5.16 Å². The van der Waals surface area contributed by atoms with Crippen LogP contribution in [0.15, 0.2) is 78.0 Å². The molecule has 3 N–H and O–H groups in total. The Kier molecular flexibility index (Phi) is 6.26. The molecular formula is C21H19N3O5. The van der Waals surface area contributed by atoms with Crippen molar-refractivity contribution in [1.82, 2.24) is 0 Å². The van der Waals surface area contributed by atoms with Gasteiger partial charge in [-0.15, -0.1) is 0 Å². The number of amidine groups is 1. The first-order valence-electron chi connectivity index (χ1n) is 8.72. The molecule has 0 fully saturated rings. The van der Waals surface area contributed by atoms with Gasteiger partial charge in [0, 0.05) is 11.6 Å². The van der Waals surface area contributed by atoms with Crippen LogP contribution in [0.4, 0.5) is 5.69 Å². The van der Waals surface area contributed by atoms with E-state index in [0.717, 1.165) is 11.1 Å². The van der Waals surface area contributed by atoms with Crippen LogP contribution in [-0.4, -0.2) is 16.0 Å². The van der Waals surface area contributed by atoms with E-state index >= 15 is 0 Å². The maximum atomic E-state index is 11.6. The van der Waals surface area contributed by atoms with Crippen LogP contribution in [0.25, 0.3) is 0 Å². The van der Waals surface area contributed by atoms with E-state index < -0.39 is 4.92 Å². The Labute approximate surface area is 167 Å². The van der Waals surface area contributed by atoms with Crippen molar-refractivity contribution in [1.29, 1.82) is 0 Å². The van der Waals surface area contributed by atoms with Gasteiger partial charge in [-0.3, -0.25) is 10.1 Å². The van der Waals surface area contributed by atoms with Crippen molar-refractivity contribution in [2.45, 2.75) is 13.2 Å². The van der Waals surface area contributed by atoms with Crippen LogP contribution < -0.4 is 15.2 Å². The molecule has 0 unspecified atom stereocenters. The second-order valence-corrected chi connectivity index (χ2v) is 6.11. The lowest BCUT2D eigenvalue weighted by atomic mass is 10.1. The molecule has 0 aliphatic rings. The summed E-state index contributed by atoms with van der Waals surface area (Å²) < 4.78 is 11.6. The molecule has 0 saturated heterocycles. The SMILES string of the molecule is NC(=NO)c1cc(OCc2ccccc2)c(OCc2ccccc2)c([N+](=O)[O-])c1. The Balaban J connectivity index is 1.98. The predicted octanol–water partition coefficient (Wildman–Crippen LogP) is 3.85. The van der Waals surface area contributed by atoms with Crippen molar-refractivity contribution >= 4 is 11.5 Å². The lowest BCUT2D eigenvalue weighted by Gasteiger charge is -2.15. The van der Waals surface area contributed by atoms with Crippen LogP contribution in [0.5, 0.6) is 11.5 Å². The zero-order chi connectivity index (χ0) is 20.6.